The van der Waals surface area contributed by atoms with Gasteiger partial charge < -0.3 is 10.4 Å². The summed E-state index contributed by atoms with van der Waals surface area (Å²) in [6.45, 7) is 1.83. The Hall–Kier alpha value is -1.43. The van der Waals surface area contributed by atoms with Crippen LogP contribution in [-0.2, 0) is 7.05 Å². The van der Waals surface area contributed by atoms with Gasteiger partial charge in [-0.2, -0.15) is 5.10 Å². The third-order valence-corrected chi connectivity index (χ3v) is 3.51. The Balaban J connectivity index is 2.14. The lowest BCUT2D eigenvalue weighted by Crippen LogP contribution is -2.27. The summed E-state index contributed by atoms with van der Waals surface area (Å²) >= 11 is 5.66. The van der Waals surface area contributed by atoms with E-state index in [0.29, 0.717) is 5.56 Å². The largest absolute Gasteiger partial charge is 0.394 e. The van der Waals surface area contributed by atoms with E-state index in [4.69, 9.17) is 11.6 Å². The minimum absolute atomic E-state index is 0.0143. The van der Waals surface area contributed by atoms with Gasteiger partial charge in [0.15, 0.2) is 0 Å². The number of hydrogen-bond donors (Lipinski definition) is 2. The molecule has 0 bridgehead atoms. The molecule has 1 aromatic carbocycles. The highest BCUT2D eigenvalue weighted by Gasteiger charge is 2.16. The zero-order valence-corrected chi connectivity index (χ0v) is 12.1. The van der Waals surface area contributed by atoms with Gasteiger partial charge in [0.2, 0.25) is 0 Å². The maximum atomic E-state index is 13.5. The lowest BCUT2D eigenvalue weighted by atomic mass is 10.1. The van der Waals surface area contributed by atoms with E-state index in [1.165, 1.54) is 12.1 Å². The van der Waals surface area contributed by atoms with Crippen molar-refractivity contribution in [3.8, 4) is 0 Å². The van der Waals surface area contributed by atoms with E-state index in [1.807, 2.05) is 20.2 Å². The fraction of sp³-hybridized carbons (Fsp3) is 0.357. The number of halogens is 2. The van der Waals surface area contributed by atoms with Crippen molar-refractivity contribution in [1.29, 1.82) is 0 Å². The Bertz CT molecular complexity index is 588. The zero-order valence-electron chi connectivity index (χ0n) is 11.3. The van der Waals surface area contributed by atoms with E-state index in [9.17, 15) is 9.50 Å². The summed E-state index contributed by atoms with van der Waals surface area (Å²) < 4.78 is 15.2. The molecule has 4 nitrogen and oxygen atoms in total. The Morgan fingerprint density at radius 2 is 2.20 bits per heavy atom. The lowest BCUT2D eigenvalue weighted by Gasteiger charge is -2.21. The van der Waals surface area contributed by atoms with Crippen molar-refractivity contribution in [2.75, 3.05) is 6.61 Å². The maximum Gasteiger partial charge on any atom is 0.142 e. The molecule has 108 valence electrons. The number of nitrogens with zero attached hydrogens (tertiary/aromatic N) is 2. The molecule has 0 aliphatic carbocycles. The quantitative estimate of drug-likeness (QED) is 0.892. The highest BCUT2D eigenvalue weighted by molar-refractivity contribution is 6.30. The minimum Gasteiger partial charge on any atom is -0.394 e. The van der Waals surface area contributed by atoms with Crippen LogP contribution in [0.3, 0.4) is 0 Å². The molecule has 6 heteroatoms. The number of hydrogen-bond acceptors (Lipinski definition) is 3. The topological polar surface area (TPSA) is 50.1 Å². The molecule has 0 saturated carbocycles. The number of aromatic nitrogens is 2. The predicted molar refractivity (Wildman–Crippen MR) is 76.0 cm³/mol. The van der Waals surface area contributed by atoms with Crippen LogP contribution in [0.15, 0.2) is 30.6 Å². The molecule has 1 heterocycles. The monoisotopic (exact) mass is 297 g/mol. The Morgan fingerprint density at radius 3 is 2.75 bits per heavy atom. The van der Waals surface area contributed by atoms with Crippen LogP contribution in [-0.4, -0.2) is 21.5 Å². The van der Waals surface area contributed by atoms with Crippen molar-refractivity contribution in [1.82, 2.24) is 15.1 Å². The van der Waals surface area contributed by atoms with Gasteiger partial charge in [-0.25, -0.2) is 4.39 Å². The van der Waals surface area contributed by atoms with E-state index in [0.717, 1.165) is 5.56 Å². The second-order valence-corrected chi connectivity index (χ2v) is 5.15. The molecule has 2 aromatic rings. The summed E-state index contributed by atoms with van der Waals surface area (Å²) in [5, 5.41) is 16.9. The summed E-state index contributed by atoms with van der Waals surface area (Å²) in [5.41, 5.74) is 1.66. The average Bonchev–Trinajstić information content (AvgIpc) is 2.86. The second-order valence-electron chi connectivity index (χ2n) is 4.74. The van der Waals surface area contributed by atoms with Gasteiger partial charge >= 0.3 is 0 Å². The molecule has 2 unspecified atom stereocenters. The van der Waals surface area contributed by atoms with Gasteiger partial charge in [-0.3, -0.25) is 4.68 Å². The molecular formula is C14H17ClFN3O. The molecule has 2 N–H and O–H groups in total. The zero-order chi connectivity index (χ0) is 14.7. The molecule has 20 heavy (non-hydrogen) atoms. The first-order valence-corrected chi connectivity index (χ1v) is 6.69. The van der Waals surface area contributed by atoms with Gasteiger partial charge in [0, 0.05) is 24.8 Å². The van der Waals surface area contributed by atoms with Crippen molar-refractivity contribution in [3.05, 3.63) is 52.6 Å². The summed E-state index contributed by atoms with van der Waals surface area (Å²) in [5.74, 6) is -0.488. The predicted octanol–water partition coefficient (Wildman–Crippen LogP) is 2.60. The van der Waals surface area contributed by atoms with Crippen LogP contribution in [0.1, 0.15) is 30.1 Å². The highest BCUT2D eigenvalue weighted by atomic mass is 35.5. The average molecular weight is 298 g/mol. The van der Waals surface area contributed by atoms with Crippen LogP contribution in [0, 0.1) is 5.82 Å². The third kappa shape index (κ3) is 3.36. The van der Waals surface area contributed by atoms with Crippen LogP contribution in [0.5, 0.6) is 0 Å². The molecular weight excluding hydrogens is 281 g/mol. The summed E-state index contributed by atoms with van der Waals surface area (Å²) in [4.78, 5) is 0. The van der Waals surface area contributed by atoms with Crippen LogP contribution < -0.4 is 5.32 Å². The van der Waals surface area contributed by atoms with Crippen LogP contribution in [0.4, 0.5) is 4.39 Å². The van der Waals surface area contributed by atoms with Gasteiger partial charge in [-0.1, -0.05) is 17.7 Å². The van der Waals surface area contributed by atoms with Crippen molar-refractivity contribution in [2.45, 2.75) is 19.0 Å². The number of benzene rings is 1. The van der Waals surface area contributed by atoms with E-state index < -0.39 is 5.82 Å². The first kappa shape index (κ1) is 15.0. The molecule has 0 aliphatic rings. The summed E-state index contributed by atoms with van der Waals surface area (Å²) in [6.07, 6.45) is 3.66. The molecule has 1 aromatic heterocycles. The minimum atomic E-state index is -0.488. The van der Waals surface area contributed by atoms with Gasteiger partial charge in [-0.15, -0.1) is 0 Å². The summed E-state index contributed by atoms with van der Waals surface area (Å²) in [7, 11) is 1.84. The van der Waals surface area contributed by atoms with Gasteiger partial charge in [0.1, 0.15) is 5.82 Å². The number of aryl methyl sites for hydroxylation is 1. The van der Waals surface area contributed by atoms with Crippen molar-refractivity contribution < 1.29 is 9.50 Å². The molecule has 0 amide bonds. The van der Waals surface area contributed by atoms with Crippen molar-refractivity contribution in [3.63, 3.8) is 0 Å². The number of rotatable bonds is 5. The van der Waals surface area contributed by atoms with E-state index in [-0.39, 0.29) is 23.7 Å². The van der Waals surface area contributed by atoms with Gasteiger partial charge in [0.25, 0.3) is 0 Å². The Kier molecular flexibility index (Phi) is 4.75. The van der Waals surface area contributed by atoms with Crippen molar-refractivity contribution >= 4 is 11.6 Å². The molecule has 0 spiro atoms. The van der Waals surface area contributed by atoms with E-state index in [2.05, 4.69) is 10.4 Å². The van der Waals surface area contributed by atoms with Gasteiger partial charge in [-0.05, 0) is 24.6 Å². The third-order valence-electron chi connectivity index (χ3n) is 3.20. The standard InChI is InChI=1S/C14H17ClFN3O/c1-9(11-6-17-19(2)7-11)18-14(8-20)10-3-4-12(15)13(16)5-10/h3-7,9,14,18,20H,8H2,1-2H3. The number of nitrogens with one attached hydrogen (secondary N) is 1. The lowest BCUT2D eigenvalue weighted by molar-refractivity contribution is 0.235. The molecule has 0 aliphatic heterocycles. The molecule has 0 radical (unpaired) electrons. The SMILES string of the molecule is CC(NC(CO)c1ccc(Cl)c(F)c1)c1cnn(C)c1. The molecule has 2 atom stereocenters. The fourth-order valence-corrected chi connectivity index (χ4v) is 2.16. The van der Waals surface area contributed by atoms with E-state index >= 15 is 0 Å². The normalized spacial score (nSPS) is 14.2. The Labute approximate surface area is 122 Å². The van der Waals surface area contributed by atoms with Gasteiger partial charge in [0.05, 0.1) is 23.9 Å². The van der Waals surface area contributed by atoms with Crippen LogP contribution >= 0.6 is 11.6 Å². The number of aliphatic hydroxyl groups is 1. The second kappa shape index (κ2) is 6.35. The first-order chi connectivity index (χ1) is 9.51. The van der Waals surface area contributed by atoms with Crippen LogP contribution in [0.25, 0.3) is 0 Å². The van der Waals surface area contributed by atoms with E-state index in [1.54, 1.807) is 16.9 Å². The maximum absolute atomic E-state index is 13.5. The molecule has 2 rings (SSSR count). The first-order valence-electron chi connectivity index (χ1n) is 6.31. The smallest absolute Gasteiger partial charge is 0.142 e. The molecule has 0 saturated heterocycles. The number of aliphatic hydroxyl groups excluding tert-OH is 1. The highest BCUT2D eigenvalue weighted by Crippen LogP contribution is 2.23. The van der Waals surface area contributed by atoms with Crippen LogP contribution in [0.2, 0.25) is 5.02 Å². The summed E-state index contributed by atoms with van der Waals surface area (Å²) in [6, 6.07) is 4.16. The van der Waals surface area contributed by atoms with Crippen molar-refractivity contribution in [2.24, 2.45) is 7.05 Å². The Morgan fingerprint density at radius 1 is 1.45 bits per heavy atom. The molecule has 0 fully saturated rings. The fourth-order valence-electron chi connectivity index (χ4n) is 2.05.